The molecule has 0 amide bonds. The van der Waals surface area contributed by atoms with Crippen molar-refractivity contribution in [3.63, 3.8) is 0 Å². The quantitative estimate of drug-likeness (QED) is 0.553. The average Bonchev–Trinajstić information content (AvgIpc) is 2.15. The lowest BCUT2D eigenvalue weighted by Crippen LogP contribution is -1.81. The Bertz CT molecular complexity index is 336. The van der Waals surface area contributed by atoms with Gasteiger partial charge in [0.25, 0.3) is 0 Å². The maximum atomic E-state index is 10.6. The van der Waals surface area contributed by atoms with E-state index in [0.717, 1.165) is 11.1 Å². The second-order valence-electron chi connectivity index (χ2n) is 2.75. The predicted octanol–water partition coefficient (Wildman–Crippen LogP) is 2.29. The van der Waals surface area contributed by atoms with Crippen LogP contribution in [0.3, 0.4) is 0 Å². The van der Waals surface area contributed by atoms with Gasteiger partial charge in [-0.15, -0.1) is 0 Å². The van der Waals surface area contributed by atoms with Crippen molar-refractivity contribution in [3.8, 4) is 0 Å². The summed E-state index contributed by atoms with van der Waals surface area (Å²) in [6.07, 6.45) is 4.58. The van der Waals surface area contributed by atoms with Crippen LogP contribution in [0.15, 0.2) is 30.3 Å². The number of hydrogen-bond donors (Lipinski definition) is 1. The summed E-state index contributed by atoms with van der Waals surface area (Å²) in [6, 6.07) is 7.43. The highest BCUT2D eigenvalue weighted by Gasteiger charge is 1.88. The van der Waals surface area contributed by atoms with Crippen molar-refractivity contribution < 1.29 is 4.79 Å². The summed E-state index contributed by atoms with van der Waals surface area (Å²) in [5.41, 5.74) is 1.83. The molecule has 0 bridgehead atoms. The molecule has 0 saturated carbocycles. The second-order valence-corrected chi connectivity index (χ2v) is 2.75. The first-order valence-corrected chi connectivity index (χ1v) is 4.01. The van der Waals surface area contributed by atoms with E-state index in [-0.39, 0.29) is 5.78 Å². The molecule has 0 spiro atoms. The zero-order chi connectivity index (χ0) is 9.68. The van der Waals surface area contributed by atoms with Crippen molar-refractivity contribution in [2.24, 2.45) is 0 Å². The normalized spacial score (nSPS) is 10.2. The SMILES string of the molecule is CC(=O)/C=C/c1ccc(C=N)cc1. The Labute approximate surface area is 77.4 Å². The third-order valence-corrected chi connectivity index (χ3v) is 1.61. The molecule has 1 aromatic rings. The largest absolute Gasteiger partial charge is 0.308 e. The minimum atomic E-state index is 0.0381. The molecule has 1 rings (SSSR count). The maximum absolute atomic E-state index is 10.6. The summed E-state index contributed by atoms with van der Waals surface area (Å²) < 4.78 is 0. The zero-order valence-electron chi connectivity index (χ0n) is 7.45. The van der Waals surface area contributed by atoms with Crippen LogP contribution in [0.1, 0.15) is 18.1 Å². The molecule has 2 nitrogen and oxygen atoms in total. The molecule has 0 fully saturated rings. The van der Waals surface area contributed by atoms with Gasteiger partial charge in [0.05, 0.1) is 0 Å². The third kappa shape index (κ3) is 3.03. The van der Waals surface area contributed by atoms with E-state index < -0.39 is 0 Å². The van der Waals surface area contributed by atoms with Gasteiger partial charge in [-0.2, -0.15) is 0 Å². The van der Waals surface area contributed by atoms with Crippen LogP contribution in [0.25, 0.3) is 6.08 Å². The minimum absolute atomic E-state index is 0.0381. The van der Waals surface area contributed by atoms with Gasteiger partial charge in [0.15, 0.2) is 5.78 Å². The lowest BCUT2D eigenvalue weighted by Gasteiger charge is -1.93. The first-order chi connectivity index (χ1) is 6.22. The van der Waals surface area contributed by atoms with Crippen molar-refractivity contribution in [2.75, 3.05) is 0 Å². The Morgan fingerprint density at radius 2 is 1.77 bits per heavy atom. The highest BCUT2D eigenvalue weighted by molar-refractivity contribution is 5.91. The number of allylic oxidation sites excluding steroid dienone is 1. The summed E-state index contributed by atoms with van der Waals surface area (Å²) in [4.78, 5) is 10.6. The number of carbonyl (C=O) groups is 1. The number of hydrogen-bond acceptors (Lipinski definition) is 2. The molecule has 0 aliphatic carbocycles. The van der Waals surface area contributed by atoms with Gasteiger partial charge in [0.2, 0.25) is 0 Å². The molecule has 1 N–H and O–H groups in total. The Balaban J connectivity index is 2.80. The zero-order valence-corrected chi connectivity index (χ0v) is 7.45. The Kier molecular flexibility index (Phi) is 3.15. The van der Waals surface area contributed by atoms with Gasteiger partial charge in [-0.25, -0.2) is 0 Å². The molecule has 0 aliphatic heterocycles. The number of benzene rings is 1. The van der Waals surface area contributed by atoms with Crippen molar-refractivity contribution >= 4 is 18.1 Å². The van der Waals surface area contributed by atoms with Crippen molar-refractivity contribution in [1.29, 1.82) is 5.41 Å². The standard InChI is InChI=1S/C11H11NO/c1-9(13)2-3-10-4-6-11(8-12)7-5-10/h2-8,12H,1H3/b3-2+,12-8?. The van der Waals surface area contributed by atoms with E-state index in [0.29, 0.717) is 0 Å². The average molecular weight is 173 g/mol. The number of ketones is 1. The molecule has 0 saturated heterocycles. The first kappa shape index (κ1) is 9.39. The van der Waals surface area contributed by atoms with Gasteiger partial charge in [0.1, 0.15) is 0 Å². The smallest absolute Gasteiger partial charge is 0.152 e. The number of rotatable bonds is 3. The lowest BCUT2D eigenvalue weighted by atomic mass is 10.1. The summed E-state index contributed by atoms with van der Waals surface area (Å²) >= 11 is 0. The molecular formula is C11H11NO. The van der Waals surface area contributed by atoms with Crippen LogP contribution in [-0.4, -0.2) is 12.0 Å². The van der Waals surface area contributed by atoms with Crippen LogP contribution in [0.4, 0.5) is 0 Å². The van der Waals surface area contributed by atoms with Crippen LogP contribution in [0.5, 0.6) is 0 Å². The van der Waals surface area contributed by atoms with Gasteiger partial charge in [-0.05, 0) is 24.1 Å². The molecule has 0 unspecified atom stereocenters. The van der Waals surface area contributed by atoms with E-state index in [9.17, 15) is 4.79 Å². The van der Waals surface area contributed by atoms with Crippen LogP contribution < -0.4 is 0 Å². The molecule has 0 aliphatic rings. The third-order valence-electron chi connectivity index (χ3n) is 1.61. The highest BCUT2D eigenvalue weighted by Crippen LogP contribution is 2.04. The van der Waals surface area contributed by atoms with E-state index in [2.05, 4.69) is 0 Å². The van der Waals surface area contributed by atoms with Crippen LogP contribution in [0, 0.1) is 5.41 Å². The first-order valence-electron chi connectivity index (χ1n) is 4.01. The molecule has 2 heteroatoms. The minimum Gasteiger partial charge on any atom is -0.308 e. The van der Waals surface area contributed by atoms with Crippen molar-refractivity contribution in [1.82, 2.24) is 0 Å². The topological polar surface area (TPSA) is 40.9 Å². The van der Waals surface area contributed by atoms with Gasteiger partial charge in [-0.3, -0.25) is 4.79 Å². The van der Waals surface area contributed by atoms with Gasteiger partial charge < -0.3 is 5.41 Å². The fraction of sp³-hybridized carbons (Fsp3) is 0.0909. The molecule has 13 heavy (non-hydrogen) atoms. The summed E-state index contributed by atoms with van der Waals surface area (Å²) in [6.45, 7) is 1.52. The summed E-state index contributed by atoms with van der Waals surface area (Å²) in [7, 11) is 0. The summed E-state index contributed by atoms with van der Waals surface area (Å²) in [5, 5.41) is 6.99. The Hall–Kier alpha value is -1.70. The summed E-state index contributed by atoms with van der Waals surface area (Å²) in [5.74, 6) is 0.0381. The van der Waals surface area contributed by atoms with Gasteiger partial charge in [0, 0.05) is 6.21 Å². The fourth-order valence-electron chi connectivity index (χ4n) is 0.917. The monoisotopic (exact) mass is 173 g/mol. The molecular weight excluding hydrogens is 162 g/mol. The highest BCUT2D eigenvalue weighted by atomic mass is 16.1. The van der Waals surface area contributed by atoms with E-state index in [1.807, 2.05) is 24.3 Å². The van der Waals surface area contributed by atoms with Gasteiger partial charge >= 0.3 is 0 Å². The van der Waals surface area contributed by atoms with Crippen molar-refractivity contribution in [3.05, 3.63) is 41.5 Å². The number of carbonyl (C=O) groups excluding carboxylic acids is 1. The molecule has 66 valence electrons. The van der Waals surface area contributed by atoms with E-state index in [1.54, 1.807) is 6.08 Å². The van der Waals surface area contributed by atoms with E-state index in [1.165, 1.54) is 19.2 Å². The fourth-order valence-corrected chi connectivity index (χ4v) is 0.917. The van der Waals surface area contributed by atoms with Crippen LogP contribution in [0.2, 0.25) is 0 Å². The molecule has 0 heterocycles. The maximum Gasteiger partial charge on any atom is 0.152 e. The Morgan fingerprint density at radius 3 is 2.23 bits per heavy atom. The molecule has 0 aromatic heterocycles. The Morgan fingerprint density at radius 1 is 1.23 bits per heavy atom. The van der Waals surface area contributed by atoms with E-state index >= 15 is 0 Å². The molecule has 0 radical (unpaired) electrons. The predicted molar refractivity (Wildman–Crippen MR) is 54.0 cm³/mol. The van der Waals surface area contributed by atoms with Crippen molar-refractivity contribution in [2.45, 2.75) is 6.92 Å². The lowest BCUT2D eigenvalue weighted by molar-refractivity contribution is -0.112. The van der Waals surface area contributed by atoms with Crippen LogP contribution in [-0.2, 0) is 4.79 Å². The van der Waals surface area contributed by atoms with E-state index in [4.69, 9.17) is 5.41 Å². The van der Waals surface area contributed by atoms with Gasteiger partial charge in [-0.1, -0.05) is 30.3 Å². The van der Waals surface area contributed by atoms with Crippen LogP contribution >= 0.6 is 0 Å². The molecule has 1 aromatic carbocycles. The molecule has 0 atom stereocenters. The number of nitrogens with one attached hydrogen (secondary N) is 1. The second kappa shape index (κ2) is 4.36.